The number of rotatable bonds is 4. The van der Waals surface area contributed by atoms with Crippen LogP contribution in [0, 0.1) is 3.57 Å². The van der Waals surface area contributed by atoms with Crippen molar-refractivity contribution in [2.75, 3.05) is 17.3 Å². The number of nitrogens with one attached hydrogen (secondary N) is 1. The van der Waals surface area contributed by atoms with Crippen molar-refractivity contribution in [1.82, 2.24) is 0 Å². The lowest BCUT2D eigenvalue weighted by atomic mass is 10.3. The van der Waals surface area contributed by atoms with Gasteiger partial charge in [-0.05, 0) is 47.7 Å². The fourth-order valence-electron chi connectivity index (χ4n) is 1.37. The summed E-state index contributed by atoms with van der Waals surface area (Å²) in [7, 11) is -2.97. The second-order valence-corrected chi connectivity index (χ2v) is 7.60. The molecule has 90 valence electrons. The molecule has 1 unspecified atom stereocenters. The zero-order valence-electron chi connectivity index (χ0n) is 9.00. The lowest BCUT2D eigenvalue weighted by Crippen LogP contribution is -2.25. The number of hydrogen-bond acceptors (Lipinski definition) is 3. The van der Waals surface area contributed by atoms with Crippen molar-refractivity contribution >= 4 is 49.7 Å². The summed E-state index contributed by atoms with van der Waals surface area (Å²) >= 11 is 8.20. The summed E-state index contributed by atoms with van der Waals surface area (Å²) in [6.07, 6.45) is 1.22. The summed E-state index contributed by atoms with van der Waals surface area (Å²) in [6, 6.07) is 5.44. The molecule has 0 aliphatic heterocycles. The van der Waals surface area contributed by atoms with Gasteiger partial charge in [-0.25, -0.2) is 8.42 Å². The van der Waals surface area contributed by atoms with E-state index in [2.05, 4.69) is 27.9 Å². The van der Waals surface area contributed by atoms with E-state index >= 15 is 0 Å². The Morgan fingerprint density at radius 1 is 1.50 bits per heavy atom. The molecule has 0 bridgehead atoms. The number of sulfone groups is 1. The third-order valence-electron chi connectivity index (χ3n) is 1.89. The fourth-order valence-corrected chi connectivity index (χ4v) is 3.27. The fraction of sp³-hybridized carbons (Fsp3) is 0.400. The van der Waals surface area contributed by atoms with Crippen molar-refractivity contribution in [2.24, 2.45) is 0 Å². The third kappa shape index (κ3) is 4.88. The van der Waals surface area contributed by atoms with E-state index in [1.54, 1.807) is 0 Å². The highest BCUT2D eigenvalue weighted by Gasteiger charge is 2.11. The molecular weight excluding hydrogens is 361 g/mol. The molecule has 0 aliphatic carbocycles. The van der Waals surface area contributed by atoms with Gasteiger partial charge >= 0.3 is 0 Å². The summed E-state index contributed by atoms with van der Waals surface area (Å²) in [5.74, 6) is 0.0926. The Kier molecular flexibility index (Phi) is 4.88. The highest BCUT2D eigenvalue weighted by Crippen LogP contribution is 2.24. The van der Waals surface area contributed by atoms with E-state index in [1.165, 1.54) is 6.26 Å². The van der Waals surface area contributed by atoms with E-state index in [4.69, 9.17) is 11.6 Å². The lowest BCUT2D eigenvalue weighted by Gasteiger charge is -2.15. The van der Waals surface area contributed by atoms with Gasteiger partial charge in [0.25, 0.3) is 0 Å². The SMILES string of the molecule is CC(CS(C)(=O)=O)Nc1ccc(I)cc1Cl. The Morgan fingerprint density at radius 2 is 2.12 bits per heavy atom. The molecule has 3 nitrogen and oxygen atoms in total. The van der Waals surface area contributed by atoms with Gasteiger partial charge in [-0.1, -0.05) is 11.6 Å². The Bertz CT molecular complexity index is 476. The first kappa shape index (κ1) is 14.1. The Labute approximate surface area is 115 Å². The summed E-state index contributed by atoms with van der Waals surface area (Å²) in [5, 5.41) is 3.68. The van der Waals surface area contributed by atoms with Gasteiger partial charge in [0.2, 0.25) is 0 Å². The number of anilines is 1. The van der Waals surface area contributed by atoms with Crippen LogP contribution in [0.25, 0.3) is 0 Å². The van der Waals surface area contributed by atoms with E-state index < -0.39 is 9.84 Å². The molecule has 1 N–H and O–H groups in total. The maximum Gasteiger partial charge on any atom is 0.149 e. The van der Waals surface area contributed by atoms with Crippen LogP contribution in [0.2, 0.25) is 5.02 Å². The van der Waals surface area contributed by atoms with Crippen molar-refractivity contribution in [3.05, 3.63) is 26.8 Å². The molecule has 1 rings (SSSR count). The van der Waals surface area contributed by atoms with Crippen LogP contribution in [0.1, 0.15) is 6.92 Å². The summed E-state index contributed by atoms with van der Waals surface area (Å²) in [5.41, 5.74) is 0.762. The summed E-state index contributed by atoms with van der Waals surface area (Å²) in [6.45, 7) is 1.81. The normalized spacial score (nSPS) is 13.5. The quantitative estimate of drug-likeness (QED) is 0.826. The van der Waals surface area contributed by atoms with Crippen molar-refractivity contribution in [2.45, 2.75) is 13.0 Å². The first-order valence-electron chi connectivity index (χ1n) is 4.67. The molecule has 16 heavy (non-hydrogen) atoms. The zero-order chi connectivity index (χ0) is 12.3. The first-order valence-corrected chi connectivity index (χ1v) is 8.19. The largest absolute Gasteiger partial charge is 0.380 e. The van der Waals surface area contributed by atoms with Gasteiger partial charge in [0.15, 0.2) is 0 Å². The van der Waals surface area contributed by atoms with Gasteiger partial charge in [-0.15, -0.1) is 0 Å². The Hall–Kier alpha value is -0.0100. The van der Waals surface area contributed by atoms with Crippen LogP contribution in [-0.4, -0.2) is 26.5 Å². The van der Waals surface area contributed by atoms with Crippen LogP contribution < -0.4 is 5.32 Å². The van der Waals surface area contributed by atoms with Gasteiger partial charge in [-0.2, -0.15) is 0 Å². The van der Waals surface area contributed by atoms with Crippen LogP contribution >= 0.6 is 34.2 Å². The zero-order valence-corrected chi connectivity index (χ0v) is 12.7. The molecule has 0 saturated heterocycles. The van der Waals surface area contributed by atoms with Crippen molar-refractivity contribution < 1.29 is 8.42 Å². The smallest absolute Gasteiger partial charge is 0.149 e. The number of halogens is 2. The van der Waals surface area contributed by atoms with Crippen LogP contribution in [0.15, 0.2) is 18.2 Å². The van der Waals surface area contributed by atoms with Gasteiger partial charge in [-0.3, -0.25) is 0 Å². The predicted molar refractivity (Wildman–Crippen MR) is 77.0 cm³/mol. The highest BCUT2D eigenvalue weighted by atomic mass is 127. The molecule has 0 heterocycles. The highest BCUT2D eigenvalue weighted by molar-refractivity contribution is 14.1. The minimum absolute atomic E-state index is 0.0926. The van der Waals surface area contributed by atoms with Crippen LogP contribution in [-0.2, 0) is 9.84 Å². The molecule has 0 spiro atoms. The maximum absolute atomic E-state index is 11.1. The molecule has 0 amide bonds. The minimum Gasteiger partial charge on any atom is -0.380 e. The van der Waals surface area contributed by atoms with Gasteiger partial charge < -0.3 is 5.32 Å². The maximum atomic E-state index is 11.1. The van der Waals surface area contributed by atoms with E-state index in [1.807, 2.05) is 25.1 Å². The standard InChI is InChI=1S/C10H13ClINO2S/c1-7(6-16(2,14)15)13-10-4-3-8(12)5-9(10)11/h3-5,7,13H,6H2,1-2H3. The molecule has 1 aromatic rings. The van der Waals surface area contributed by atoms with Gasteiger partial charge in [0.05, 0.1) is 16.5 Å². The molecule has 6 heteroatoms. The molecule has 0 fully saturated rings. The second kappa shape index (κ2) is 5.55. The lowest BCUT2D eigenvalue weighted by molar-refractivity contribution is 0.598. The third-order valence-corrected chi connectivity index (χ3v) is 3.97. The van der Waals surface area contributed by atoms with Crippen LogP contribution in [0.5, 0.6) is 0 Å². The average molecular weight is 374 g/mol. The van der Waals surface area contributed by atoms with Crippen LogP contribution in [0.3, 0.4) is 0 Å². The number of benzene rings is 1. The van der Waals surface area contributed by atoms with Gasteiger partial charge in [0.1, 0.15) is 9.84 Å². The van der Waals surface area contributed by atoms with Crippen LogP contribution in [0.4, 0.5) is 5.69 Å². The van der Waals surface area contributed by atoms with Crippen molar-refractivity contribution in [3.8, 4) is 0 Å². The summed E-state index contributed by atoms with van der Waals surface area (Å²) in [4.78, 5) is 0. The molecule has 0 aliphatic rings. The summed E-state index contributed by atoms with van der Waals surface area (Å²) < 4.78 is 23.2. The van der Waals surface area contributed by atoms with Crippen molar-refractivity contribution in [3.63, 3.8) is 0 Å². The van der Waals surface area contributed by atoms with E-state index in [0.717, 1.165) is 9.26 Å². The average Bonchev–Trinajstić information content (AvgIpc) is 2.06. The van der Waals surface area contributed by atoms with E-state index in [0.29, 0.717) is 5.02 Å². The first-order chi connectivity index (χ1) is 7.28. The molecule has 0 radical (unpaired) electrons. The minimum atomic E-state index is -2.97. The molecule has 0 aromatic heterocycles. The van der Waals surface area contributed by atoms with Gasteiger partial charge in [0, 0.05) is 15.9 Å². The Morgan fingerprint density at radius 3 is 2.62 bits per heavy atom. The van der Waals surface area contributed by atoms with E-state index in [-0.39, 0.29) is 11.8 Å². The molecular formula is C10H13ClINO2S. The molecule has 0 saturated carbocycles. The molecule has 1 atom stereocenters. The molecule has 1 aromatic carbocycles. The van der Waals surface area contributed by atoms with E-state index in [9.17, 15) is 8.42 Å². The number of hydrogen-bond donors (Lipinski definition) is 1. The predicted octanol–water partition coefficient (Wildman–Crippen LogP) is 2.79. The monoisotopic (exact) mass is 373 g/mol. The second-order valence-electron chi connectivity index (χ2n) is 3.76. The topological polar surface area (TPSA) is 46.2 Å². The van der Waals surface area contributed by atoms with Crippen molar-refractivity contribution in [1.29, 1.82) is 0 Å². The Balaban J connectivity index is 2.73.